The normalized spacial score (nSPS) is 12.2. The van der Waals surface area contributed by atoms with Crippen molar-refractivity contribution in [1.82, 2.24) is 5.43 Å². The predicted octanol–water partition coefficient (Wildman–Crippen LogP) is 2.70. The van der Waals surface area contributed by atoms with E-state index < -0.39 is 0 Å². The lowest BCUT2D eigenvalue weighted by Gasteiger charge is -2.18. The summed E-state index contributed by atoms with van der Waals surface area (Å²) in [4.78, 5) is 0. The molecule has 19 heavy (non-hydrogen) atoms. The molecule has 0 aliphatic heterocycles. The second-order valence-electron chi connectivity index (χ2n) is 4.44. The average molecular weight is 260 g/mol. The number of methoxy groups -OCH3 is 1. The van der Waals surface area contributed by atoms with E-state index in [4.69, 9.17) is 10.6 Å². The molecule has 0 spiro atoms. The minimum Gasteiger partial charge on any atom is -0.497 e. The van der Waals surface area contributed by atoms with Crippen LogP contribution in [0.1, 0.15) is 22.7 Å². The summed E-state index contributed by atoms with van der Waals surface area (Å²) in [5.41, 5.74) is 5.29. The van der Waals surface area contributed by atoms with Gasteiger partial charge in [-0.05, 0) is 47.9 Å². The fraction of sp³-hybridized carbons (Fsp3) is 0.200. The molecule has 0 aromatic heterocycles. The number of nitrogens with two attached hydrogens (primary N) is 1. The molecule has 3 N–H and O–H groups in total. The molecule has 100 valence electrons. The number of hydrazine groups is 1. The highest BCUT2D eigenvalue weighted by Gasteiger charge is 2.14. The zero-order chi connectivity index (χ0) is 13.8. The molecule has 1 atom stereocenters. The Morgan fingerprint density at radius 3 is 2.58 bits per heavy atom. The second kappa shape index (κ2) is 5.82. The lowest BCUT2D eigenvalue weighted by atomic mass is 9.97. The maximum Gasteiger partial charge on any atom is 0.123 e. The SMILES string of the molecule is COc1cccc(C(NN)c2cc(C)cc(F)c2)c1. The number of rotatable bonds is 4. The van der Waals surface area contributed by atoms with Crippen LogP contribution < -0.4 is 16.0 Å². The van der Waals surface area contributed by atoms with Crippen LogP contribution >= 0.6 is 0 Å². The molecule has 0 aliphatic rings. The molecule has 0 radical (unpaired) electrons. The van der Waals surface area contributed by atoms with Crippen molar-refractivity contribution >= 4 is 0 Å². The molecule has 1 unspecified atom stereocenters. The summed E-state index contributed by atoms with van der Waals surface area (Å²) in [6.45, 7) is 1.85. The first-order chi connectivity index (χ1) is 9.13. The van der Waals surface area contributed by atoms with Crippen LogP contribution in [0, 0.1) is 12.7 Å². The Hall–Kier alpha value is -1.91. The number of hydrogen-bond acceptors (Lipinski definition) is 3. The van der Waals surface area contributed by atoms with Gasteiger partial charge in [0.15, 0.2) is 0 Å². The highest BCUT2D eigenvalue weighted by molar-refractivity contribution is 5.38. The van der Waals surface area contributed by atoms with Gasteiger partial charge in [0, 0.05) is 0 Å². The van der Waals surface area contributed by atoms with Gasteiger partial charge in [-0.2, -0.15) is 0 Å². The highest BCUT2D eigenvalue weighted by Crippen LogP contribution is 2.25. The van der Waals surface area contributed by atoms with Crippen molar-refractivity contribution in [2.45, 2.75) is 13.0 Å². The third-order valence-electron chi connectivity index (χ3n) is 2.99. The quantitative estimate of drug-likeness (QED) is 0.656. The molecule has 0 saturated heterocycles. The van der Waals surface area contributed by atoms with E-state index in [0.29, 0.717) is 0 Å². The lowest BCUT2D eigenvalue weighted by Crippen LogP contribution is -2.29. The van der Waals surface area contributed by atoms with Gasteiger partial charge in [0.2, 0.25) is 0 Å². The van der Waals surface area contributed by atoms with E-state index in [2.05, 4.69) is 5.43 Å². The van der Waals surface area contributed by atoms with Crippen molar-refractivity contribution in [1.29, 1.82) is 0 Å². The highest BCUT2D eigenvalue weighted by atomic mass is 19.1. The van der Waals surface area contributed by atoms with Gasteiger partial charge in [0.05, 0.1) is 13.2 Å². The zero-order valence-electron chi connectivity index (χ0n) is 11.0. The first-order valence-corrected chi connectivity index (χ1v) is 6.01. The molecule has 0 amide bonds. The lowest BCUT2D eigenvalue weighted by molar-refractivity contribution is 0.413. The molecule has 0 bridgehead atoms. The molecular weight excluding hydrogens is 243 g/mol. The van der Waals surface area contributed by atoms with Crippen LogP contribution in [0.15, 0.2) is 42.5 Å². The van der Waals surface area contributed by atoms with E-state index in [1.165, 1.54) is 12.1 Å². The topological polar surface area (TPSA) is 47.3 Å². The van der Waals surface area contributed by atoms with E-state index in [0.717, 1.165) is 22.4 Å². The van der Waals surface area contributed by atoms with Crippen molar-refractivity contribution < 1.29 is 9.13 Å². The van der Waals surface area contributed by atoms with Gasteiger partial charge in [-0.1, -0.05) is 18.2 Å². The number of halogens is 1. The molecule has 0 heterocycles. The molecule has 2 aromatic rings. The molecule has 4 heteroatoms. The van der Waals surface area contributed by atoms with Crippen molar-refractivity contribution in [3.63, 3.8) is 0 Å². The van der Waals surface area contributed by atoms with Crippen LogP contribution in [0.25, 0.3) is 0 Å². The first-order valence-electron chi connectivity index (χ1n) is 6.01. The van der Waals surface area contributed by atoms with Crippen molar-refractivity contribution in [2.75, 3.05) is 7.11 Å². The van der Waals surface area contributed by atoms with Gasteiger partial charge in [-0.25, -0.2) is 9.82 Å². The Morgan fingerprint density at radius 1 is 1.16 bits per heavy atom. The van der Waals surface area contributed by atoms with E-state index in [-0.39, 0.29) is 11.9 Å². The number of hydrogen-bond donors (Lipinski definition) is 2. The summed E-state index contributed by atoms with van der Waals surface area (Å²) in [5.74, 6) is 6.09. The number of nitrogens with one attached hydrogen (secondary N) is 1. The molecule has 0 aliphatic carbocycles. The smallest absolute Gasteiger partial charge is 0.123 e. The third-order valence-corrected chi connectivity index (χ3v) is 2.99. The standard InChI is InChI=1S/C15H17FN2O/c1-10-6-12(8-13(16)7-10)15(18-17)11-4-3-5-14(9-11)19-2/h3-9,15,18H,17H2,1-2H3. The molecular formula is C15H17FN2O. The summed E-state index contributed by atoms with van der Waals surface area (Å²) in [6, 6.07) is 12.1. The number of ether oxygens (including phenoxy) is 1. The summed E-state index contributed by atoms with van der Waals surface area (Å²) < 4.78 is 18.7. The largest absolute Gasteiger partial charge is 0.497 e. The van der Waals surface area contributed by atoms with Crippen LogP contribution in [0.5, 0.6) is 5.75 Å². The minimum absolute atomic E-state index is 0.266. The molecule has 0 fully saturated rings. The maximum absolute atomic E-state index is 13.5. The summed E-state index contributed by atoms with van der Waals surface area (Å²) in [5, 5.41) is 0. The van der Waals surface area contributed by atoms with Gasteiger partial charge in [-0.3, -0.25) is 5.84 Å². The summed E-state index contributed by atoms with van der Waals surface area (Å²) in [6.07, 6.45) is 0. The Bertz CT molecular complexity index is 552. The van der Waals surface area contributed by atoms with Crippen molar-refractivity contribution in [3.8, 4) is 5.75 Å². The van der Waals surface area contributed by atoms with Crippen LogP contribution in [0.4, 0.5) is 4.39 Å². The van der Waals surface area contributed by atoms with E-state index >= 15 is 0 Å². The maximum atomic E-state index is 13.5. The van der Waals surface area contributed by atoms with Gasteiger partial charge in [0.1, 0.15) is 11.6 Å². The van der Waals surface area contributed by atoms with Crippen molar-refractivity contribution in [2.24, 2.45) is 5.84 Å². The van der Waals surface area contributed by atoms with Crippen LogP contribution in [-0.4, -0.2) is 7.11 Å². The third kappa shape index (κ3) is 3.10. The van der Waals surface area contributed by atoms with Gasteiger partial charge in [0.25, 0.3) is 0 Å². The molecule has 2 rings (SSSR count). The van der Waals surface area contributed by atoms with Crippen LogP contribution in [0.2, 0.25) is 0 Å². The Balaban J connectivity index is 2.43. The molecule has 2 aromatic carbocycles. The average Bonchev–Trinajstić information content (AvgIpc) is 2.39. The molecule has 3 nitrogen and oxygen atoms in total. The van der Waals surface area contributed by atoms with Crippen LogP contribution in [0.3, 0.4) is 0 Å². The van der Waals surface area contributed by atoms with Crippen molar-refractivity contribution in [3.05, 3.63) is 65.0 Å². The van der Waals surface area contributed by atoms with E-state index in [9.17, 15) is 4.39 Å². The van der Waals surface area contributed by atoms with E-state index in [1.54, 1.807) is 7.11 Å². The van der Waals surface area contributed by atoms with Gasteiger partial charge >= 0.3 is 0 Å². The number of benzene rings is 2. The summed E-state index contributed by atoms with van der Waals surface area (Å²) in [7, 11) is 1.61. The fourth-order valence-corrected chi connectivity index (χ4v) is 2.14. The minimum atomic E-state index is -0.274. The first kappa shape index (κ1) is 13.5. The number of aryl methyl sites for hydroxylation is 1. The monoisotopic (exact) mass is 260 g/mol. The zero-order valence-corrected chi connectivity index (χ0v) is 11.0. The van der Waals surface area contributed by atoms with Gasteiger partial charge < -0.3 is 4.74 Å². The van der Waals surface area contributed by atoms with E-state index in [1.807, 2.05) is 37.3 Å². The summed E-state index contributed by atoms with van der Waals surface area (Å²) >= 11 is 0. The fourth-order valence-electron chi connectivity index (χ4n) is 2.14. The Kier molecular flexibility index (Phi) is 4.14. The Labute approximate surface area is 112 Å². The predicted molar refractivity (Wildman–Crippen MR) is 73.3 cm³/mol. The second-order valence-corrected chi connectivity index (χ2v) is 4.44. The van der Waals surface area contributed by atoms with Crippen LogP contribution in [-0.2, 0) is 0 Å². The van der Waals surface area contributed by atoms with Gasteiger partial charge in [-0.15, -0.1) is 0 Å². The molecule has 0 saturated carbocycles. The Morgan fingerprint density at radius 2 is 1.95 bits per heavy atom.